The standard InChI is InChI=1S/C26H22ClF3N2O3/c1-16(2)24(32-22-12-11-18(13-21(22)27)26(28,29)30)25(33)34-15-17-7-6-10-23(20(17)14-31)35-19-8-4-3-5-9-19/h3-13,16,24,32H,15H2,1-2H3/t24-/m1/s1. The van der Waals surface area contributed by atoms with E-state index in [0.717, 1.165) is 12.1 Å². The van der Waals surface area contributed by atoms with Crippen LogP contribution in [-0.2, 0) is 22.3 Å². The molecule has 3 aromatic rings. The molecule has 0 saturated heterocycles. The van der Waals surface area contributed by atoms with Crippen LogP contribution in [-0.4, -0.2) is 12.0 Å². The number of nitriles is 1. The second-order valence-corrected chi connectivity index (χ2v) is 8.39. The van der Waals surface area contributed by atoms with Crippen LogP contribution >= 0.6 is 11.6 Å². The number of carbonyl (C=O) groups is 1. The number of hydrogen-bond donors (Lipinski definition) is 1. The van der Waals surface area contributed by atoms with Crippen molar-refractivity contribution in [3.8, 4) is 17.6 Å². The summed E-state index contributed by atoms with van der Waals surface area (Å²) in [5.41, 5.74) is -0.0435. The lowest BCUT2D eigenvalue weighted by Crippen LogP contribution is -2.36. The molecule has 0 aromatic heterocycles. The van der Waals surface area contributed by atoms with Gasteiger partial charge < -0.3 is 14.8 Å². The zero-order valence-corrected chi connectivity index (χ0v) is 19.7. The fourth-order valence-electron chi connectivity index (χ4n) is 3.24. The van der Waals surface area contributed by atoms with Crippen LogP contribution in [0.1, 0.15) is 30.5 Å². The Morgan fingerprint density at radius 1 is 1.09 bits per heavy atom. The Labute approximate surface area is 206 Å². The summed E-state index contributed by atoms with van der Waals surface area (Å²) in [6.45, 7) is 3.32. The predicted octanol–water partition coefficient (Wildman–Crippen LogP) is 7.20. The van der Waals surface area contributed by atoms with Gasteiger partial charge in [0.25, 0.3) is 0 Å². The Balaban J connectivity index is 1.74. The number of nitrogens with zero attached hydrogens (tertiary/aromatic N) is 1. The Kier molecular flexibility index (Phi) is 8.26. The number of alkyl halides is 3. The molecule has 3 aromatic carbocycles. The van der Waals surface area contributed by atoms with Crippen LogP contribution in [0.15, 0.2) is 66.7 Å². The maximum absolute atomic E-state index is 12.9. The van der Waals surface area contributed by atoms with E-state index in [1.165, 1.54) is 6.07 Å². The molecule has 0 spiro atoms. The van der Waals surface area contributed by atoms with Crippen LogP contribution in [0.5, 0.6) is 11.5 Å². The molecule has 1 N–H and O–H groups in total. The van der Waals surface area contributed by atoms with Gasteiger partial charge in [-0.2, -0.15) is 18.4 Å². The zero-order valence-electron chi connectivity index (χ0n) is 18.9. The molecule has 0 amide bonds. The number of hydrogen-bond acceptors (Lipinski definition) is 5. The first-order chi connectivity index (χ1) is 16.6. The van der Waals surface area contributed by atoms with Crippen molar-refractivity contribution in [2.75, 3.05) is 5.32 Å². The number of benzene rings is 3. The number of esters is 1. The van der Waals surface area contributed by atoms with E-state index < -0.39 is 23.8 Å². The van der Waals surface area contributed by atoms with Crippen molar-refractivity contribution in [2.24, 2.45) is 5.92 Å². The van der Waals surface area contributed by atoms with Crippen LogP contribution in [0.4, 0.5) is 18.9 Å². The number of carbonyl (C=O) groups excluding carboxylic acids is 1. The van der Waals surface area contributed by atoms with Gasteiger partial charge in [-0.3, -0.25) is 0 Å². The lowest BCUT2D eigenvalue weighted by molar-refractivity contribution is -0.147. The molecule has 9 heteroatoms. The molecule has 0 unspecified atom stereocenters. The van der Waals surface area contributed by atoms with E-state index in [-0.39, 0.29) is 28.8 Å². The van der Waals surface area contributed by atoms with Crippen LogP contribution in [0.2, 0.25) is 5.02 Å². The molecule has 1 atom stereocenters. The fraction of sp³-hybridized carbons (Fsp3) is 0.231. The Hall–Kier alpha value is -3.70. The topological polar surface area (TPSA) is 71.3 Å². The first-order valence-corrected chi connectivity index (χ1v) is 11.0. The van der Waals surface area contributed by atoms with Gasteiger partial charge in [0.2, 0.25) is 0 Å². The minimum Gasteiger partial charge on any atom is -0.459 e. The van der Waals surface area contributed by atoms with Crippen LogP contribution in [0.3, 0.4) is 0 Å². The van der Waals surface area contributed by atoms with Crippen molar-refractivity contribution in [1.29, 1.82) is 5.26 Å². The van der Waals surface area contributed by atoms with Crippen LogP contribution in [0, 0.1) is 17.2 Å². The third kappa shape index (κ3) is 6.67. The maximum atomic E-state index is 12.9. The smallest absolute Gasteiger partial charge is 0.416 e. The highest BCUT2D eigenvalue weighted by Gasteiger charge is 2.31. The van der Waals surface area contributed by atoms with E-state index in [1.807, 2.05) is 6.07 Å². The zero-order chi connectivity index (χ0) is 25.6. The molecule has 0 radical (unpaired) electrons. The van der Waals surface area contributed by atoms with E-state index in [1.54, 1.807) is 56.3 Å². The third-order valence-electron chi connectivity index (χ3n) is 5.09. The highest BCUT2D eigenvalue weighted by atomic mass is 35.5. The minimum absolute atomic E-state index is 0.171. The van der Waals surface area contributed by atoms with Crippen LogP contribution in [0.25, 0.3) is 0 Å². The fourth-order valence-corrected chi connectivity index (χ4v) is 3.47. The molecular formula is C26H22ClF3N2O3. The summed E-state index contributed by atoms with van der Waals surface area (Å²) in [6, 6.07) is 18.0. The average molecular weight is 503 g/mol. The van der Waals surface area contributed by atoms with Gasteiger partial charge in [-0.25, -0.2) is 4.79 Å². The van der Waals surface area contributed by atoms with E-state index >= 15 is 0 Å². The summed E-state index contributed by atoms with van der Waals surface area (Å²) in [5.74, 6) is -0.0452. The lowest BCUT2D eigenvalue weighted by Gasteiger charge is -2.23. The first kappa shape index (κ1) is 25.9. The van der Waals surface area contributed by atoms with Crippen molar-refractivity contribution in [3.63, 3.8) is 0 Å². The van der Waals surface area contributed by atoms with E-state index in [0.29, 0.717) is 17.1 Å². The average Bonchev–Trinajstić information content (AvgIpc) is 2.81. The van der Waals surface area contributed by atoms with Crippen molar-refractivity contribution in [3.05, 3.63) is 88.4 Å². The summed E-state index contributed by atoms with van der Waals surface area (Å²) in [6.07, 6.45) is -4.53. The van der Waals surface area contributed by atoms with Crippen molar-refractivity contribution in [2.45, 2.75) is 32.7 Å². The van der Waals surface area contributed by atoms with Gasteiger partial charge in [0.05, 0.1) is 16.3 Å². The first-order valence-electron chi connectivity index (χ1n) is 10.6. The number of nitrogens with one attached hydrogen (secondary N) is 1. The molecule has 0 bridgehead atoms. The monoisotopic (exact) mass is 502 g/mol. The summed E-state index contributed by atoms with van der Waals surface area (Å²) < 4.78 is 50.0. The third-order valence-corrected chi connectivity index (χ3v) is 5.41. The maximum Gasteiger partial charge on any atom is 0.416 e. The van der Waals surface area contributed by atoms with Crippen molar-refractivity contribution < 1.29 is 27.4 Å². The number of rotatable bonds is 8. The molecular weight excluding hydrogens is 481 g/mol. The van der Waals surface area contributed by atoms with Crippen molar-refractivity contribution in [1.82, 2.24) is 0 Å². The molecule has 0 fully saturated rings. The SMILES string of the molecule is CC(C)[C@@H](Nc1ccc(C(F)(F)F)cc1Cl)C(=O)OCc1cccc(Oc2ccccc2)c1C#N. The molecule has 182 valence electrons. The number of halogens is 4. The largest absolute Gasteiger partial charge is 0.459 e. The molecule has 3 rings (SSSR count). The lowest BCUT2D eigenvalue weighted by atomic mass is 10.0. The molecule has 0 aliphatic rings. The van der Waals surface area contributed by atoms with E-state index in [2.05, 4.69) is 11.4 Å². The number of para-hydroxylation sites is 1. The number of ether oxygens (including phenoxy) is 2. The van der Waals surface area contributed by atoms with Gasteiger partial charge in [0, 0.05) is 5.56 Å². The summed E-state index contributed by atoms with van der Waals surface area (Å²) in [4.78, 5) is 12.9. The quantitative estimate of drug-likeness (QED) is 0.330. The molecule has 5 nitrogen and oxygen atoms in total. The van der Waals surface area contributed by atoms with Gasteiger partial charge in [-0.15, -0.1) is 0 Å². The summed E-state index contributed by atoms with van der Waals surface area (Å²) >= 11 is 6.02. The summed E-state index contributed by atoms with van der Waals surface area (Å²) in [7, 11) is 0. The summed E-state index contributed by atoms with van der Waals surface area (Å²) in [5, 5.41) is 12.4. The minimum atomic E-state index is -4.53. The molecule has 0 aliphatic heterocycles. The van der Waals surface area contributed by atoms with Gasteiger partial charge in [0.1, 0.15) is 35.8 Å². The highest BCUT2D eigenvalue weighted by molar-refractivity contribution is 6.33. The molecule has 0 heterocycles. The molecule has 0 saturated carbocycles. The highest BCUT2D eigenvalue weighted by Crippen LogP contribution is 2.34. The van der Waals surface area contributed by atoms with E-state index in [9.17, 15) is 23.2 Å². The van der Waals surface area contributed by atoms with Gasteiger partial charge in [-0.1, -0.05) is 55.8 Å². The normalized spacial score (nSPS) is 12.1. The predicted molar refractivity (Wildman–Crippen MR) is 126 cm³/mol. The van der Waals surface area contributed by atoms with Crippen LogP contribution < -0.4 is 10.1 Å². The second-order valence-electron chi connectivity index (χ2n) is 7.98. The van der Waals surface area contributed by atoms with Gasteiger partial charge in [0.15, 0.2) is 0 Å². The Bertz CT molecular complexity index is 1220. The second kappa shape index (κ2) is 11.2. The Morgan fingerprint density at radius 3 is 2.40 bits per heavy atom. The van der Waals surface area contributed by atoms with Crippen molar-refractivity contribution >= 4 is 23.3 Å². The number of anilines is 1. The Morgan fingerprint density at radius 2 is 1.80 bits per heavy atom. The molecule has 35 heavy (non-hydrogen) atoms. The van der Waals surface area contributed by atoms with Gasteiger partial charge in [-0.05, 0) is 42.3 Å². The van der Waals surface area contributed by atoms with E-state index in [4.69, 9.17) is 21.1 Å². The van der Waals surface area contributed by atoms with Gasteiger partial charge >= 0.3 is 12.1 Å². The molecule has 0 aliphatic carbocycles.